The van der Waals surface area contributed by atoms with E-state index in [1.165, 1.54) is 4.31 Å². The number of nitrogens with one attached hydrogen (secondary N) is 1. The highest BCUT2D eigenvalue weighted by Crippen LogP contribution is 2.25. The Morgan fingerprint density at radius 2 is 1.61 bits per heavy atom. The molecule has 8 heteroatoms. The third-order valence-corrected chi connectivity index (χ3v) is 6.80. The van der Waals surface area contributed by atoms with E-state index >= 15 is 0 Å². The molecule has 31 heavy (non-hydrogen) atoms. The van der Waals surface area contributed by atoms with Gasteiger partial charge in [0, 0.05) is 37.6 Å². The number of nitrogens with zero attached hydrogens (tertiary/aromatic N) is 3. The minimum absolute atomic E-state index is 0.346. The summed E-state index contributed by atoms with van der Waals surface area (Å²) in [6, 6.07) is 14.0. The third kappa shape index (κ3) is 5.77. The lowest BCUT2D eigenvalue weighted by atomic mass is 10.1. The lowest BCUT2D eigenvalue weighted by Gasteiger charge is -2.34. The van der Waals surface area contributed by atoms with Gasteiger partial charge in [-0.2, -0.15) is 0 Å². The van der Waals surface area contributed by atoms with Crippen molar-refractivity contribution in [3.63, 3.8) is 0 Å². The van der Waals surface area contributed by atoms with Crippen LogP contribution in [0.4, 0.5) is 17.1 Å². The van der Waals surface area contributed by atoms with Crippen molar-refractivity contribution in [3.05, 3.63) is 54.1 Å². The highest BCUT2D eigenvalue weighted by atomic mass is 32.2. The highest BCUT2D eigenvalue weighted by molar-refractivity contribution is 7.92. The molecule has 2 aromatic carbocycles. The lowest BCUT2D eigenvalue weighted by Crippen LogP contribution is -2.47. The van der Waals surface area contributed by atoms with Gasteiger partial charge < -0.3 is 15.1 Å². The van der Waals surface area contributed by atoms with E-state index in [0.717, 1.165) is 43.7 Å². The molecule has 1 saturated heterocycles. The predicted octanol–water partition coefficient (Wildman–Crippen LogP) is 2.93. The quantitative estimate of drug-likeness (QED) is 0.711. The Kier molecular flexibility index (Phi) is 7.23. The van der Waals surface area contributed by atoms with Gasteiger partial charge in [-0.15, -0.1) is 0 Å². The normalized spacial score (nSPS) is 16.1. The van der Waals surface area contributed by atoms with Gasteiger partial charge in [0.2, 0.25) is 15.9 Å². The first-order valence-electron chi connectivity index (χ1n) is 10.6. The molecule has 1 amide bonds. The van der Waals surface area contributed by atoms with Crippen LogP contribution in [0.5, 0.6) is 0 Å². The molecule has 7 nitrogen and oxygen atoms in total. The summed E-state index contributed by atoms with van der Waals surface area (Å²) in [6.07, 6.45) is 1.49. The van der Waals surface area contributed by atoms with Crippen LogP contribution in [0.15, 0.2) is 48.5 Å². The van der Waals surface area contributed by atoms with E-state index < -0.39 is 16.1 Å². The zero-order valence-corrected chi connectivity index (χ0v) is 19.5. The molecule has 1 aliphatic rings. The zero-order chi connectivity index (χ0) is 22.6. The van der Waals surface area contributed by atoms with Gasteiger partial charge in [-0.3, -0.25) is 9.10 Å². The van der Waals surface area contributed by atoms with Gasteiger partial charge in [-0.1, -0.05) is 24.6 Å². The molecule has 1 heterocycles. The number of sulfonamides is 1. The smallest absolute Gasteiger partial charge is 0.248 e. The van der Waals surface area contributed by atoms with Crippen molar-refractivity contribution in [1.82, 2.24) is 4.90 Å². The van der Waals surface area contributed by atoms with Crippen molar-refractivity contribution in [2.45, 2.75) is 26.3 Å². The summed E-state index contributed by atoms with van der Waals surface area (Å²) in [4.78, 5) is 17.7. The number of carbonyl (C=O) groups excluding carboxylic acids is 1. The van der Waals surface area contributed by atoms with Crippen LogP contribution in [0.25, 0.3) is 0 Å². The number of piperazine rings is 1. The molecule has 0 aliphatic carbocycles. The summed E-state index contributed by atoms with van der Waals surface area (Å²) >= 11 is 0. The first-order valence-corrected chi connectivity index (χ1v) is 12.4. The van der Waals surface area contributed by atoms with Crippen LogP contribution in [0.3, 0.4) is 0 Å². The van der Waals surface area contributed by atoms with Crippen molar-refractivity contribution in [1.29, 1.82) is 0 Å². The average molecular weight is 445 g/mol. The molecule has 0 radical (unpaired) electrons. The number of benzene rings is 2. The second-order valence-electron chi connectivity index (χ2n) is 8.14. The van der Waals surface area contributed by atoms with E-state index in [-0.39, 0.29) is 5.91 Å². The van der Waals surface area contributed by atoms with Crippen LogP contribution < -0.4 is 14.5 Å². The molecular formula is C23H32N4O3S. The van der Waals surface area contributed by atoms with Crippen LogP contribution >= 0.6 is 0 Å². The molecule has 0 saturated carbocycles. The van der Waals surface area contributed by atoms with E-state index in [4.69, 9.17) is 0 Å². The molecule has 1 aliphatic heterocycles. The van der Waals surface area contributed by atoms with Crippen LogP contribution in [0.1, 0.15) is 18.9 Å². The molecule has 0 aromatic heterocycles. The van der Waals surface area contributed by atoms with E-state index in [9.17, 15) is 13.2 Å². The van der Waals surface area contributed by atoms with Crippen LogP contribution in [-0.2, 0) is 14.8 Å². The number of carbonyl (C=O) groups is 1. The molecule has 168 valence electrons. The maximum Gasteiger partial charge on any atom is 0.248 e. The Morgan fingerprint density at radius 1 is 1.03 bits per heavy atom. The third-order valence-electron chi connectivity index (χ3n) is 5.62. The average Bonchev–Trinajstić information content (AvgIpc) is 2.73. The van der Waals surface area contributed by atoms with Gasteiger partial charge in [0.25, 0.3) is 0 Å². The van der Waals surface area contributed by atoms with Gasteiger partial charge in [-0.05, 0) is 56.8 Å². The van der Waals surface area contributed by atoms with Gasteiger partial charge in [0.1, 0.15) is 6.04 Å². The van der Waals surface area contributed by atoms with Gasteiger partial charge in [0.15, 0.2) is 0 Å². The Bertz CT molecular complexity index is 982. The van der Waals surface area contributed by atoms with Gasteiger partial charge in [-0.25, -0.2) is 8.42 Å². The summed E-state index contributed by atoms with van der Waals surface area (Å²) in [5.41, 5.74) is 3.28. The number of amides is 1. The number of hydrogen-bond acceptors (Lipinski definition) is 5. The van der Waals surface area contributed by atoms with E-state index in [1.54, 1.807) is 12.1 Å². The molecule has 0 bridgehead atoms. The van der Waals surface area contributed by atoms with Crippen LogP contribution in [-0.4, -0.2) is 64.7 Å². The number of rotatable bonds is 7. The Morgan fingerprint density at radius 3 is 2.13 bits per heavy atom. The van der Waals surface area contributed by atoms with Crippen molar-refractivity contribution in [3.8, 4) is 0 Å². The van der Waals surface area contributed by atoms with Gasteiger partial charge in [0.05, 0.1) is 11.9 Å². The second kappa shape index (κ2) is 9.70. The standard InChI is InChI=1S/C23H32N4O3S/c1-5-22(27(31(4,29)30)21-10-6-18(2)7-11-21)23(28)24-19-8-12-20(13-9-19)26-16-14-25(3)15-17-26/h6-13,22H,5,14-17H2,1-4H3,(H,24,28). The Labute approximate surface area is 185 Å². The Balaban J connectivity index is 1.75. The van der Waals surface area contributed by atoms with Crippen molar-refractivity contribution in [2.75, 3.05) is 54.0 Å². The largest absolute Gasteiger partial charge is 0.369 e. The first-order chi connectivity index (χ1) is 14.7. The number of hydrogen-bond donors (Lipinski definition) is 1. The molecule has 0 spiro atoms. The SMILES string of the molecule is CCC(C(=O)Nc1ccc(N2CCN(C)CC2)cc1)N(c1ccc(C)cc1)S(C)(=O)=O. The molecule has 1 fully saturated rings. The lowest BCUT2D eigenvalue weighted by molar-refractivity contribution is -0.117. The zero-order valence-electron chi connectivity index (χ0n) is 18.7. The van der Waals surface area contributed by atoms with Crippen LogP contribution in [0, 0.1) is 6.92 Å². The maximum atomic E-state index is 13.1. The highest BCUT2D eigenvalue weighted by Gasteiger charge is 2.31. The van der Waals surface area contributed by atoms with Crippen molar-refractivity contribution >= 4 is 33.0 Å². The molecule has 1 atom stereocenters. The Hall–Kier alpha value is -2.58. The molecule has 2 aromatic rings. The molecule has 1 N–H and O–H groups in total. The summed E-state index contributed by atoms with van der Waals surface area (Å²) in [5, 5.41) is 2.89. The summed E-state index contributed by atoms with van der Waals surface area (Å²) in [6.45, 7) is 7.74. The molecular weight excluding hydrogens is 412 g/mol. The number of aryl methyl sites for hydroxylation is 1. The summed E-state index contributed by atoms with van der Waals surface area (Å²) in [5.74, 6) is -0.346. The fraction of sp³-hybridized carbons (Fsp3) is 0.435. The van der Waals surface area contributed by atoms with Gasteiger partial charge >= 0.3 is 0 Å². The van der Waals surface area contributed by atoms with Crippen molar-refractivity contribution in [2.24, 2.45) is 0 Å². The molecule has 1 unspecified atom stereocenters. The van der Waals surface area contributed by atoms with E-state index in [0.29, 0.717) is 17.8 Å². The minimum atomic E-state index is -3.64. The fourth-order valence-electron chi connectivity index (χ4n) is 3.80. The number of anilines is 3. The first kappa shape index (κ1) is 23.1. The van der Waals surface area contributed by atoms with Crippen molar-refractivity contribution < 1.29 is 13.2 Å². The van der Waals surface area contributed by atoms with E-state index in [2.05, 4.69) is 22.2 Å². The van der Waals surface area contributed by atoms with E-state index in [1.807, 2.05) is 50.2 Å². The maximum absolute atomic E-state index is 13.1. The second-order valence-corrected chi connectivity index (χ2v) is 10.0. The fourth-order valence-corrected chi connectivity index (χ4v) is 5.01. The summed E-state index contributed by atoms with van der Waals surface area (Å²) in [7, 11) is -1.52. The molecule has 3 rings (SSSR count). The predicted molar refractivity (Wildman–Crippen MR) is 127 cm³/mol. The topological polar surface area (TPSA) is 73.0 Å². The number of likely N-dealkylation sites (N-methyl/N-ethyl adjacent to an activating group) is 1. The van der Waals surface area contributed by atoms with Crippen LogP contribution in [0.2, 0.25) is 0 Å². The monoisotopic (exact) mass is 444 g/mol. The summed E-state index contributed by atoms with van der Waals surface area (Å²) < 4.78 is 26.3. The minimum Gasteiger partial charge on any atom is -0.369 e.